The molecule has 0 radical (unpaired) electrons. The second-order valence-corrected chi connectivity index (χ2v) is 3.91. The average molecular weight is 292 g/mol. The monoisotopic (exact) mass is 292 g/mol. The van der Waals surface area contributed by atoms with Crippen LogP contribution in [0.15, 0.2) is 24.4 Å². The maximum Gasteiger partial charge on any atom is 0.319 e. The summed E-state index contributed by atoms with van der Waals surface area (Å²) in [5.74, 6) is 0.197. The van der Waals surface area contributed by atoms with Gasteiger partial charge < -0.3 is 14.8 Å². The van der Waals surface area contributed by atoms with Gasteiger partial charge in [-0.05, 0) is 12.1 Å². The fourth-order valence-electron chi connectivity index (χ4n) is 1.68. The van der Waals surface area contributed by atoms with Crippen LogP contribution in [0, 0.1) is 10.1 Å². The van der Waals surface area contributed by atoms with Crippen LogP contribution in [-0.4, -0.2) is 35.2 Å². The summed E-state index contributed by atoms with van der Waals surface area (Å²) in [6.07, 6.45) is 0.970. The van der Waals surface area contributed by atoms with Crippen molar-refractivity contribution >= 4 is 17.3 Å². The molecule has 1 amide bonds. The van der Waals surface area contributed by atoms with Gasteiger partial charge in [0.2, 0.25) is 5.69 Å². The zero-order valence-electron chi connectivity index (χ0n) is 11.2. The highest BCUT2D eigenvalue weighted by atomic mass is 16.6. The summed E-state index contributed by atoms with van der Waals surface area (Å²) < 4.78 is 10.2. The van der Waals surface area contributed by atoms with Crippen LogP contribution in [0.5, 0.6) is 11.5 Å². The lowest BCUT2D eigenvalue weighted by Gasteiger charge is -2.10. The number of hydrogen-bond donors (Lipinski definition) is 2. The molecule has 2 rings (SSSR count). The molecule has 9 heteroatoms. The Labute approximate surface area is 119 Å². The van der Waals surface area contributed by atoms with Gasteiger partial charge in [0.15, 0.2) is 0 Å². The molecular formula is C12H12N4O5. The highest BCUT2D eigenvalue weighted by molar-refractivity contribution is 6.06. The number of aromatic nitrogens is 2. The molecule has 21 heavy (non-hydrogen) atoms. The second-order valence-electron chi connectivity index (χ2n) is 3.91. The number of benzene rings is 1. The van der Waals surface area contributed by atoms with Crippen LogP contribution in [0.1, 0.15) is 10.5 Å². The van der Waals surface area contributed by atoms with Gasteiger partial charge in [-0.3, -0.25) is 20.0 Å². The first-order valence-electron chi connectivity index (χ1n) is 5.78. The number of carbonyl (C=O) groups is 1. The number of nitrogens with one attached hydrogen (secondary N) is 2. The Morgan fingerprint density at radius 3 is 2.76 bits per heavy atom. The van der Waals surface area contributed by atoms with E-state index in [0.717, 1.165) is 6.20 Å². The second kappa shape index (κ2) is 5.90. The van der Waals surface area contributed by atoms with Crippen molar-refractivity contribution in [3.05, 3.63) is 40.2 Å². The Hall–Kier alpha value is -3.10. The summed E-state index contributed by atoms with van der Waals surface area (Å²) >= 11 is 0. The van der Waals surface area contributed by atoms with E-state index in [0.29, 0.717) is 17.2 Å². The van der Waals surface area contributed by atoms with Crippen molar-refractivity contribution in [3.63, 3.8) is 0 Å². The van der Waals surface area contributed by atoms with Gasteiger partial charge in [-0.2, -0.15) is 5.10 Å². The van der Waals surface area contributed by atoms with Gasteiger partial charge in [0.1, 0.15) is 17.7 Å². The first-order valence-corrected chi connectivity index (χ1v) is 5.78. The van der Waals surface area contributed by atoms with E-state index in [9.17, 15) is 14.9 Å². The molecule has 0 saturated carbocycles. The number of anilines is 1. The van der Waals surface area contributed by atoms with E-state index in [2.05, 4.69) is 15.5 Å². The van der Waals surface area contributed by atoms with Gasteiger partial charge >= 0.3 is 5.69 Å². The van der Waals surface area contributed by atoms with Crippen molar-refractivity contribution in [2.24, 2.45) is 0 Å². The number of amides is 1. The van der Waals surface area contributed by atoms with E-state index in [1.807, 2.05) is 0 Å². The number of H-pyrrole nitrogens is 1. The predicted molar refractivity (Wildman–Crippen MR) is 72.7 cm³/mol. The zero-order valence-corrected chi connectivity index (χ0v) is 11.2. The Kier molecular flexibility index (Phi) is 4.02. The molecule has 2 aromatic rings. The predicted octanol–water partition coefficient (Wildman–Crippen LogP) is 1.59. The van der Waals surface area contributed by atoms with Crippen LogP contribution in [0.4, 0.5) is 11.4 Å². The van der Waals surface area contributed by atoms with Crippen molar-refractivity contribution in [2.75, 3.05) is 19.5 Å². The summed E-state index contributed by atoms with van der Waals surface area (Å²) in [6, 6.07) is 4.81. The number of rotatable bonds is 5. The minimum absolute atomic E-state index is 0.245. The average Bonchev–Trinajstić information content (AvgIpc) is 2.96. The van der Waals surface area contributed by atoms with Crippen molar-refractivity contribution in [3.8, 4) is 11.5 Å². The van der Waals surface area contributed by atoms with Gasteiger partial charge in [0.25, 0.3) is 5.91 Å². The topological polar surface area (TPSA) is 119 Å². The number of aromatic amines is 1. The molecule has 1 heterocycles. The first-order chi connectivity index (χ1) is 10.1. The SMILES string of the molecule is COc1ccc(OC)c(NC(=O)c2[nH]ncc2[N+](=O)[O-])c1. The lowest BCUT2D eigenvalue weighted by atomic mass is 10.2. The molecule has 0 bridgehead atoms. The number of nitro groups is 1. The third kappa shape index (κ3) is 2.91. The maximum atomic E-state index is 12.1. The molecular weight excluding hydrogens is 280 g/mol. The summed E-state index contributed by atoms with van der Waals surface area (Å²) in [4.78, 5) is 22.2. The van der Waals surface area contributed by atoms with E-state index in [-0.39, 0.29) is 5.69 Å². The third-order valence-electron chi connectivity index (χ3n) is 2.70. The minimum atomic E-state index is -0.703. The molecule has 0 atom stereocenters. The Morgan fingerprint density at radius 2 is 2.14 bits per heavy atom. The maximum absolute atomic E-state index is 12.1. The van der Waals surface area contributed by atoms with Gasteiger partial charge in [-0.15, -0.1) is 0 Å². The van der Waals surface area contributed by atoms with E-state index in [1.54, 1.807) is 18.2 Å². The number of ether oxygens (including phenoxy) is 2. The van der Waals surface area contributed by atoms with Crippen molar-refractivity contribution in [1.29, 1.82) is 0 Å². The number of methoxy groups -OCH3 is 2. The lowest BCUT2D eigenvalue weighted by molar-refractivity contribution is -0.385. The molecule has 2 N–H and O–H groups in total. The lowest BCUT2D eigenvalue weighted by Crippen LogP contribution is -2.14. The zero-order chi connectivity index (χ0) is 15.4. The van der Waals surface area contributed by atoms with Crippen LogP contribution in [0.2, 0.25) is 0 Å². The quantitative estimate of drug-likeness (QED) is 0.638. The highest BCUT2D eigenvalue weighted by Crippen LogP contribution is 2.29. The summed E-state index contributed by atoms with van der Waals surface area (Å²) in [7, 11) is 2.92. The van der Waals surface area contributed by atoms with Gasteiger partial charge in [0.05, 0.1) is 24.8 Å². The van der Waals surface area contributed by atoms with E-state index >= 15 is 0 Å². The molecule has 9 nitrogen and oxygen atoms in total. The van der Waals surface area contributed by atoms with Gasteiger partial charge in [-0.1, -0.05) is 0 Å². The fourth-order valence-corrected chi connectivity index (χ4v) is 1.68. The van der Waals surface area contributed by atoms with Gasteiger partial charge in [0, 0.05) is 6.07 Å². The van der Waals surface area contributed by atoms with Crippen LogP contribution in [0.25, 0.3) is 0 Å². The molecule has 0 saturated heterocycles. The number of hydrogen-bond acceptors (Lipinski definition) is 6. The molecule has 1 aromatic heterocycles. The third-order valence-corrected chi connectivity index (χ3v) is 2.70. The molecule has 1 aromatic carbocycles. The van der Waals surface area contributed by atoms with E-state index in [1.165, 1.54) is 14.2 Å². The normalized spacial score (nSPS) is 10.0. The van der Waals surface area contributed by atoms with Crippen molar-refractivity contribution in [2.45, 2.75) is 0 Å². The Morgan fingerprint density at radius 1 is 1.38 bits per heavy atom. The smallest absolute Gasteiger partial charge is 0.319 e. The summed E-state index contributed by atoms with van der Waals surface area (Å²) in [6.45, 7) is 0. The Balaban J connectivity index is 2.30. The largest absolute Gasteiger partial charge is 0.497 e. The minimum Gasteiger partial charge on any atom is -0.497 e. The van der Waals surface area contributed by atoms with Crippen LogP contribution < -0.4 is 14.8 Å². The van der Waals surface area contributed by atoms with E-state index < -0.39 is 16.5 Å². The summed E-state index contributed by atoms with van der Waals surface area (Å²) in [5, 5.41) is 19.1. The van der Waals surface area contributed by atoms with Crippen LogP contribution >= 0.6 is 0 Å². The van der Waals surface area contributed by atoms with Crippen molar-refractivity contribution in [1.82, 2.24) is 10.2 Å². The van der Waals surface area contributed by atoms with Gasteiger partial charge in [-0.25, -0.2) is 0 Å². The first kappa shape index (κ1) is 14.3. The molecule has 0 spiro atoms. The highest BCUT2D eigenvalue weighted by Gasteiger charge is 2.23. The molecule has 0 fully saturated rings. The van der Waals surface area contributed by atoms with Crippen LogP contribution in [-0.2, 0) is 0 Å². The molecule has 0 unspecified atom stereocenters. The molecule has 0 aliphatic rings. The van der Waals surface area contributed by atoms with Crippen molar-refractivity contribution < 1.29 is 19.2 Å². The Bertz CT molecular complexity index is 682. The van der Waals surface area contributed by atoms with Crippen LogP contribution in [0.3, 0.4) is 0 Å². The molecule has 0 aliphatic carbocycles. The number of carbonyl (C=O) groups excluding carboxylic acids is 1. The standard InChI is InChI=1S/C12H12N4O5/c1-20-7-3-4-10(21-2)8(5-7)14-12(17)11-9(16(18)19)6-13-15-11/h3-6H,1-2H3,(H,13,15)(H,14,17). The molecule has 0 aliphatic heterocycles. The fraction of sp³-hybridized carbons (Fsp3) is 0.167. The molecule has 110 valence electrons. The summed E-state index contributed by atoms with van der Waals surface area (Å²) in [5.41, 5.74) is -0.329. The van der Waals surface area contributed by atoms with E-state index in [4.69, 9.17) is 9.47 Å². The number of nitrogens with zero attached hydrogens (tertiary/aromatic N) is 2.